The van der Waals surface area contributed by atoms with E-state index in [1.54, 1.807) is 6.20 Å². The molecule has 0 unspecified atom stereocenters. The molecule has 6 nitrogen and oxygen atoms in total. The monoisotopic (exact) mass is 417 g/mol. The summed E-state index contributed by atoms with van der Waals surface area (Å²) in [7, 11) is 0. The molecule has 1 atom stereocenters. The molecule has 1 aliphatic carbocycles. The zero-order valence-electron chi connectivity index (χ0n) is 16.9. The summed E-state index contributed by atoms with van der Waals surface area (Å²) in [5.41, 5.74) is 1.98. The Kier molecular flexibility index (Phi) is 7.72. The molecule has 1 fully saturated rings. The molecule has 0 aliphatic heterocycles. The van der Waals surface area contributed by atoms with Gasteiger partial charge in [-0.25, -0.2) is 4.98 Å². The Morgan fingerprint density at radius 3 is 2.76 bits per heavy atom. The Labute approximate surface area is 177 Å². The summed E-state index contributed by atoms with van der Waals surface area (Å²) in [5.74, 6) is 0.842. The molecular formula is C22H28ClN3O3. The first kappa shape index (κ1) is 21.4. The molecule has 29 heavy (non-hydrogen) atoms. The molecule has 1 saturated carbocycles. The average molecular weight is 418 g/mol. The van der Waals surface area contributed by atoms with E-state index in [-0.39, 0.29) is 18.1 Å². The summed E-state index contributed by atoms with van der Waals surface area (Å²) in [6, 6.07) is 12.0. The number of hydrogen-bond acceptors (Lipinski definition) is 5. The Hall–Kier alpha value is -2.31. The largest absolute Gasteiger partial charge is 0.476 e. The Morgan fingerprint density at radius 1 is 1.28 bits per heavy atom. The normalized spacial score (nSPS) is 19.1. The third-order valence-electron chi connectivity index (χ3n) is 4.86. The number of carbonyl (C=O) groups is 1. The van der Waals surface area contributed by atoms with Gasteiger partial charge < -0.3 is 20.1 Å². The topological polar surface area (TPSA) is 72.5 Å². The maximum atomic E-state index is 11.0. The van der Waals surface area contributed by atoms with E-state index < -0.39 is 0 Å². The number of amides is 1. The van der Waals surface area contributed by atoms with E-state index in [9.17, 15) is 4.79 Å². The fourth-order valence-electron chi connectivity index (χ4n) is 3.27. The van der Waals surface area contributed by atoms with Crippen molar-refractivity contribution in [3.05, 3.63) is 53.2 Å². The molecule has 0 spiro atoms. The molecule has 2 N–H and O–H groups in total. The van der Waals surface area contributed by atoms with E-state index in [0.29, 0.717) is 36.6 Å². The van der Waals surface area contributed by atoms with Crippen molar-refractivity contribution in [3.63, 3.8) is 0 Å². The number of pyridine rings is 1. The van der Waals surface area contributed by atoms with Crippen molar-refractivity contribution in [1.82, 2.24) is 10.3 Å². The van der Waals surface area contributed by atoms with Crippen molar-refractivity contribution in [1.29, 1.82) is 0 Å². The maximum Gasteiger partial charge on any atom is 0.234 e. The fourth-order valence-corrected chi connectivity index (χ4v) is 3.50. The summed E-state index contributed by atoms with van der Waals surface area (Å²) in [6.45, 7) is 5.23. The molecule has 0 radical (unpaired) electrons. The maximum absolute atomic E-state index is 11.0. The van der Waals surface area contributed by atoms with Crippen molar-refractivity contribution in [2.45, 2.75) is 45.4 Å². The van der Waals surface area contributed by atoms with Gasteiger partial charge in [-0.15, -0.1) is 0 Å². The number of nitrogens with zero attached hydrogens (tertiary/aromatic N) is 1. The summed E-state index contributed by atoms with van der Waals surface area (Å²) >= 11 is 6.47. The van der Waals surface area contributed by atoms with Crippen LogP contribution in [0.5, 0.6) is 5.88 Å². The summed E-state index contributed by atoms with van der Waals surface area (Å²) in [6.07, 6.45) is 3.80. The van der Waals surface area contributed by atoms with E-state index in [0.717, 1.165) is 18.5 Å². The van der Waals surface area contributed by atoms with Crippen LogP contribution in [0.15, 0.2) is 42.6 Å². The van der Waals surface area contributed by atoms with E-state index in [1.807, 2.05) is 31.2 Å². The molecule has 2 aromatic rings. The Balaban J connectivity index is 1.40. The lowest BCUT2D eigenvalue weighted by molar-refractivity contribution is -0.120. The van der Waals surface area contributed by atoms with Crippen LogP contribution in [-0.2, 0) is 16.1 Å². The second-order valence-corrected chi connectivity index (χ2v) is 7.90. The van der Waals surface area contributed by atoms with Gasteiger partial charge in [-0.1, -0.05) is 41.9 Å². The molecule has 1 aromatic heterocycles. The number of ether oxygens (including phenoxy) is 2. The standard InChI is InChI=1S/C22H28ClN3O3/c1-15(26-16(2)27)13-28-19-10-18(11-19)14-29-22-21(23)20(8-9-24-22)25-12-17-6-4-3-5-7-17/h3-9,15,18-19H,10-14H2,1-2H3,(H,24,25)(H,26,27)/t15-,18?,19?/m0/s1. The highest BCUT2D eigenvalue weighted by Gasteiger charge is 2.31. The zero-order valence-corrected chi connectivity index (χ0v) is 17.6. The smallest absolute Gasteiger partial charge is 0.234 e. The van der Waals surface area contributed by atoms with Gasteiger partial charge in [0.2, 0.25) is 11.8 Å². The lowest BCUT2D eigenvalue weighted by atomic mass is 9.83. The number of hydrogen-bond donors (Lipinski definition) is 2. The number of carbonyl (C=O) groups excluding carboxylic acids is 1. The van der Waals surface area contributed by atoms with Gasteiger partial charge in [-0.05, 0) is 37.3 Å². The summed E-state index contributed by atoms with van der Waals surface area (Å²) < 4.78 is 11.7. The predicted molar refractivity (Wildman–Crippen MR) is 114 cm³/mol. The van der Waals surface area contributed by atoms with E-state index in [4.69, 9.17) is 21.1 Å². The average Bonchev–Trinajstić information content (AvgIpc) is 2.66. The third-order valence-corrected chi connectivity index (χ3v) is 5.23. The number of nitrogens with one attached hydrogen (secondary N) is 2. The second-order valence-electron chi connectivity index (χ2n) is 7.52. The van der Waals surface area contributed by atoms with Gasteiger partial charge in [0.25, 0.3) is 0 Å². The van der Waals surface area contributed by atoms with Crippen molar-refractivity contribution < 1.29 is 14.3 Å². The minimum absolute atomic E-state index is 0.0249. The van der Waals surface area contributed by atoms with E-state index in [1.165, 1.54) is 12.5 Å². The van der Waals surface area contributed by atoms with Crippen molar-refractivity contribution in [2.75, 3.05) is 18.5 Å². The van der Waals surface area contributed by atoms with Crippen LogP contribution in [0.25, 0.3) is 0 Å². The van der Waals surface area contributed by atoms with Crippen LogP contribution in [0.1, 0.15) is 32.3 Å². The first-order chi connectivity index (χ1) is 14.0. The number of benzene rings is 1. The number of halogens is 1. The van der Waals surface area contributed by atoms with Crippen molar-refractivity contribution in [2.24, 2.45) is 5.92 Å². The summed E-state index contributed by atoms with van der Waals surface area (Å²) in [4.78, 5) is 15.3. The Morgan fingerprint density at radius 2 is 2.03 bits per heavy atom. The Bertz CT molecular complexity index is 797. The van der Waals surface area contributed by atoms with Gasteiger partial charge in [-0.3, -0.25) is 4.79 Å². The first-order valence-corrected chi connectivity index (χ1v) is 10.3. The predicted octanol–water partition coefficient (Wildman–Crippen LogP) is 4.05. The second kappa shape index (κ2) is 10.5. The SMILES string of the molecule is CC(=O)N[C@@H](C)COC1CC(COc2nccc(NCc3ccccc3)c2Cl)C1. The van der Waals surface area contributed by atoms with Crippen LogP contribution in [0.2, 0.25) is 5.02 Å². The number of anilines is 1. The molecular weight excluding hydrogens is 390 g/mol. The molecule has 0 bridgehead atoms. The number of rotatable bonds is 10. The molecule has 1 aliphatic rings. The fraction of sp³-hybridized carbons (Fsp3) is 0.455. The summed E-state index contributed by atoms with van der Waals surface area (Å²) in [5, 5.41) is 6.65. The lowest BCUT2D eigenvalue weighted by Gasteiger charge is -2.35. The van der Waals surface area contributed by atoms with Crippen LogP contribution in [-0.4, -0.2) is 36.3 Å². The molecule has 156 valence electrons. The first-order valence-electron chi connectivity index (χ1n) is 9.95. The van der Waals surface area contributed by atoms with Gasteiger partial charge in [0, 0.05) is 25.7 Å². The molecule has 0 saturated heterocycles. The molecule has 3 rings (SSSR count). The van der Waals surface area contributed by atoms with Gasteiger partial charge in [0.1, 0.15) is 5.02 Å². The lowest BCUT2D eigenvalue weighted by Crippen LogP contribution is -2.40. The van der Waals surface area contributed by atoms with E-state index in [2.05, 4.69) is 27.8 Å². The molecule has 1 heterocycles. The highest BCUT2D eigenvalue weighted by atomic mass is 35.5. The van der Waals surface area contributed by atoms with Crippen LogP contribution < -0.4 is 15.4 Å². The third kappa shape index (κ3) is 6.61. The highest BCUT2D eigenvalue weighted by Crippen LogP contribution is 2.34. The van der Waals surface area contributed by atoms with Gasteiger partial charge >= 0.3 is 0 Å². The van der Waals surface area contributed by atoms with Crippen molar-refractivity contribution in [3.8, 4) is 5.88 Å². The van der Waals surface area contributed by atoms with Gasteiger partial charge in [0.15, 0.2) is 0 Å². The molecule has 1 aromatic carbocycles. The highest BCUT2D eigenvalue weighted by molar-refractivity contribution is 6.34. The van der Waals surface area contributed by atoms with Crippen LogP contribution >= 0.6 is 11.6 Å². The van der Waals surface area contributed by atoms with Crippen LogP contribution in [0, 0.1) is 5.92 Å². The van der Waals surface area contributed by atoms with Crippen LogP contribution in [0.4, 0.5) is 5.69 Å². The minimum atomic E-state index is -0.0362. The van der Waals surface area contributed by atoms with Crippen LogP contribution in [0.3, 0.4) is 0 Å². The molecule has 1 amide bonds. The zero-order chi connectivity index (χ0) is 20.6. The van der Waals surface area contributed by atoms with Gasteiger partial charge in [0.05, 0.1) is 25.0 Å². The molecule has 7 heteroatoms. The quantitative estimate of drug-likeness (QED) is 0.610. The number of aromatic nitrogens is 1. The van der Waals surface area contributed by atoms with Crippen molar-refractivity contribution >= 4 is 23.2 Å². The van der Waals surface area contributed by atoms with E-state index >= 15 is 0 Å². The minimum Gasteiger partial charge on any atom is -0.476 e. The van der Waals surface area contributed by atoms with Gasteiger partial charge in [-0.2, -0.15) is 0 Å².